The number of rotatable bonds is 8. The highest BCUT2D eigenvalue weighted by Gasteiger charge is 2.08. The van der Waals surface area contributed by atoms with E-state index in [9.17, 15) is 4.39 Å². The standard InChI is InChI=1S/C16H26FN/c1-4-5-6-7-8-11-14(3)18-16-13(2)10-9-12-15(16)17/h9-10,12,14,18H,4-8,11H2,1-3H3. The van der Waals surface area contributed by atoms with E-state index < -0.39 is 0 Å². The SMILES string of the molecule is CCCCCCCC(C)Nc1c(C)cccc1F. The molecule has 102 valence electrons. The summed E-state index contributed by atoms with van der Waals surface area (Å²) in [6.45, 7) is 6.30. The van der Waals surface area contributed by atoms with E-state index in [0.717, 1.165) is 12.0 Å². The number of para-hydroxylation sites is 1. The Balaban J connectivity index is 2.33. The van der Waals surface area contributed by atoms with E-state index in [4.69, 9.17) is 0 Å². The number of anilines is 1. The molecule has 1 aromatic rings. The molecule has 0 aliphatic heterocycles. The van der Waals surface area contributed by atoms with Crippen LogP contribution in [-0.2, 0) is 0 Å². The Kier molecular flexibility index (Phi) is 6.77. The largest absolute Gasteiger partial charge is 0.380 e. The van der Waals surface area contributed by atoms with Gasteiger partial charge in [-0.15, -0.1) is 0 Å². The van der Waals surface area contributed by atoms with Gasteiger partial charge in [0.15, 0.2) is 0 Å². The second-order valence-electron chi connectivity index (χ2n) is 5.18. The molecule has 0 aliphatic rings. The molecule has 0 radical (unpaired) electrons. The van der Waals surface area contributed by atoms with E-state index >= 15 is 0 Å². The van der Waals surface area contributed by atoms with E-state index in [1.54, 1.807) is 6.07 Å². The van der Waals surface area contributed by atoms with Crippen LogP contribution in [-0.4, -0.2) is 6.04 Å². The molecule has 18 heavy (non-hydrogen) atoms. The van der Waals surface area contributed by atoms with Crippen LogP contribution in [0.5, 0.6) is 0 Å². The summed E-state index contributed by atoms with van der Waals surface area (Å²) in [5, 5.41) is 3.29. The van der Waals surface area contributed by atoms with Crippen molar-refractivity contribution in [3.05, 3.63) is 29.6 Å². The van der Waals surface area contributed by atoms with E-state index in [0.29, 0.717) is 11.7 Å². The number of hydrogen-bond donors (Lipinski definition) is 1. The third-order valence-corrected chi connectivity index (χ3v) is 3.35. The Labute approximate surface area is 111 Å². The first-order chi connectivity index (χ1) is 8.65. The number of halogens is 1. The van der Waals surface area contributed by atoms with Crippen LogP contribution >= 0.6 is 0 Å². The van der Waals surface area contributed by atoms with Gasteiger partial charge in [-0.3, -0.25) is 0 Å². The van der Waals surface area contributed by atoms with Crippen molar-refractivity contribution in [2.24, 2.45) is 0 Å². The molecule has 0 heterocycles. The zero-order chi connectivity index (χ0) is 13.4. The second-order valence-corrected chi connectivity index (χ2v) is 5.18. The van der Waals surface area contributed by atoms with Crippen molar-refractivity contribution < 1.29 is 4.39 Å². The van der Waals surface area contributed by atoms with Gasteiger partial charge in [-0.1, -0.05) is 51.2 Å². The van der Waals surface area contributed by atoms with Crippen LogP contribution in [0.3, 0.4) is 0 Å². The lowest BCUT2D eigenvalue weighted by atomic mass is 10.1. The minimum atomic E-state index is -0.146. The topological polar surface area (TPSA) is 12.0 Å². The molecular formula is C16H26FN. The molecule has 1 aromatic carbocycles. The second kappa shape index (κ2) is 8.12. The molecule has 0 aliphatic carbocycles. The molecule has 1 atom stereocenters. The normalized spacial score (nSPS) is 12.4. The zero-order valence-electron chi connectivity index (χ0n) is 11.9. The van der Waals surface area contributed by atoms with Crippen LogP contribution in [0.15, 0.2) is 18.2 Å². The minimum Gasteiger partial charge on any atom is -0.380 e. The van der Waals surface area contributed by atoms with Crippen molar-refractivity contribution in [1.29, 1.82) is 0 Å². The quantitative estimate of drug-likeness (QED) is 0.619. The number of aryl methyl sites for hydroxylation is 1. The average Bonchev–Trinajstić information content (AvgIpc) is 2.34. The van der Waals surface area contributed by atoms with Gasteiger partial charge in [-0.2, -0.15) is 0 Å². The van der Waals surface area contributed by atoms with Crippen LogP contribution in [0.4, 0.5) is 10.1 Å². The summed E-state index contributed by atoms with van der Waals surface area (Å²) in [5.41, 5.74) is 1.64. The van der Waals surface area contributed by atoms with Crippen LogP contribution in [0.1, 0.15) is 57.9 Å². The summed E-state index contributed by atoms with van der Waals surface area (Å²) in [7, 11) is 0. The first kappa shape index (κ1) is 15.0. The van der Waals surface area contributed by atoms with E-state index in [2.05, 4.69) is 19.2 Å². The van der Waals surface area contributed by atoms with Crippen molar-refractivity contribution in [2.75, 3.05) is 5.32 Å². The lowest BCUT2D eigenvalue weighted by Crippen LogP contribution is -2.16. The van der Waals surface area contributed by atoms with Gasteiger partial charge in [0.2, 0.25) is 0 Å². The molecule has 0 aromatic heterocycles. The molecule has 0 fully saturated rings. The van der Waals surface area contributed by atoms with Crippen molar-refractivity contribution in [3.8, 4) is 0 Å². The first-order valence-corrected chi connectivity index (χ1v) is 7.16. The maximum absolute atomic E-state index is 13.6. The van der Waals surface area contributed by atoms with E-state index in [1.165, 1.54) is 38.2 Å². The molecule has 1 rings (SSSR count). The summed E-state index contributed by atoms with van der Waals surface area (Å²) in [5.74, 6) is -0.146. The lowest BCUT2D eigenvalue weighted by Gasteiger charge is -2.17. The average molecular weight is 251 g/mol. The van der Waals surface area contributed by atoms with Crippen molar-refractivity contribution in [1.82, 2.24) is 0 Å². The van der Waals surface area contributed by atoms with E-state index in [-0.39, 0.29) is 5.82 Å². The van der Waals surface area contributed by atoms with Crippen LogP contribution < -0.4 is 5.32 Å². The molecule has 0 saturated carbocycles. The number of unbranched alkanes of at least 4 members (excludes halogenated alkanes) is 4. The van der Waals surface area contributed by atoms with Gasteiger partial charge in [0, 0.05) is 6.04 Å². The van der Waals surface area contributed by atoms with Gasteiger partial charge in [-0.25, -0.2) is 4.39 Å². The summed E-state index contributed by atoms with van der Waals surface area (Å²) >= 11 is 0. The minimum absolute atomic E-state index is 0.146. The number of benzene rings is 1. The zero-order valence-corrected chi connectivity index (χ0v) is 11.9. The highest BCUT2D eigenvalue weighted by molar-refractivity contribution is 5.52. The van der Waals surface area contributed by atoms with Crippen LogP contribution in [0.25, 0.3) is 0 Å². The summed E-state index contributed by atoms with van der Waals surface area (Å²) in [6, 6.07) is 5.55. The van der Waals surface area contributed by atoms with Gasteiger partial charge in [0.1, 0.15) is 5.82 Å². The maximum atomic E-state index is 13.6. The number of nitrogens with one attached hydrogen (secondary N) is 1. The number of hydrogen-bond acceptors (Lipinski definition) is 1. The summed E-state index contributed by atoms with van der Waals surface area (Å²) in [6.07, 6.45) is 7.55. The van der Waals surface area contributed by atoms with Crippen molar-refractivity contribution >= 4 is 5.69 Å². The highest BCUT2D eigenvalue weighted by Crippen LogP contribution is 2.20. The van der Waals surface area contributed by atoms with Gasteiger partial charge in [0.25, 0.3) is 0 Å². The molecule has 0 bridgehead atoms. The van der Waals surface area contributed by atoms with Gasteiger partial charge in [0.05, 0.1) is 5.69 Å². The Morgan fingerprint density at radius 2 is 1.89 bits per heavy atom. The Hall–Kier alpha value is -1.05. The monoisotopic (exact) mass is 251 g/mol. The summed E-state index contributed by atoms with van der Waals surface area (Å²) < 4.78 is 13.6. The molecule has 2 heteroatoms. The van der Waals surface area contributed by atoms with Gasteiger partial charge >= 0.3 is 0 Å². The van der Waals surface area contributed by atoms with Gasteiger partial charge < -0.3 is 5.32 Å². The van der Waals surface area contributed by atoms with Crippen molar-refractivity contribution in [2.45, 2.75) is 65.3 Å². The third kappa shape index (κ3) is 5.07. The van der Waals surface area contributed by atoms with E-state index in [1.807, 2.05) is 13.0 Å². The summed E-state index contributed by atoms with van der Waals surface area (Å²) in [4.78, 5) is 0. The predicted octanol–water partition coefficient (Wildman–Crippen LogP) is 5.30. The smallest absolute Gasteiger partial charge is 0.146 e. The molecule has 1 N–H and O–H groups in total. The lowest BCUT2D eigenvalue weighted by molar-refractivity contribution is 0.573. The molecule has 0 spiro atoms. The third-order valence-electron chi connectivity index (χ3n) is 3.35. The molecule has 1 unspecified atom stereocenters. The fraction of sp³-hybridized carbons (Fsp3) is 0.625. The molecular weight excluding hydrogens is 225 g/mol. The fourth-order valence-corrected chi connectivity index (χ4v) is 2.19. The van der Waals surface area contributed by atoms with Crippen molar-refractivity contribution in [3.63, 3.8) is 0 Å². The fourth-order valence-electron chi connectivity index (χ4n) is 2.19. The Bertz CT molecular complexity index is 329. The molecule has 0 amide bonds. The predicted molar refractivity (Wildman–Crippen MR) is 77.6 cm³/mol. The molecule has 1 nitrogen and oxygen atoms in total. The maximum Gasteiger partial charge on any atom is 0.146 e. The van der Waals surface area contributed by atoms with Crippen LogP contribution in [0.2, 0.25) is 0 Å². The Morgan fingerprint density at radius 3 is 2.56 bits per heavy atom. The molecule has 0 saturated heterocycles. The first-order valence-electron chi connectivity index (χ1n) is 7.16. The van der Waals surface area contributed by atoms with Crippen LogP contribution in [0, 0.1) is 12.7 Å². The van der Waals surface area contributed by atoms with Gasteiger partial charge in [-0.05, 0) is 31.9 Å². The Morgan fingerprint density at radius 1 is 1.17 bits per heavy atom. The highest BCUT2D eigenvalue weighted by atomic mass is 19.1.